The average Bonchev–Trinajstić information content (AvgIpc) is 2.32. The first-order chi connectivity index (χ1) is 7.47. The van der Waals surface area contributed by atoms with Crippen LogP contribution in [0.1, 0.15) is 27.2 Å². The Hall–Kier alpha value is -1.50. The lowest BCUT2D eigenvalue weighted by Crippen LogP contribution is -2.16. The minimum atomic E-state index is 0.903. The van der Waals surface area contributed by atoms with Crippen LogP contribution in [0.3, 0.4) is 0 Å². The molecule has 0 rings (SSSR count). The Morgan fingerprint density at radius 2 is 1.88 bits per heavy atom. The van der Waals surface area contributed by atoms with E-state index >= 15 is 0 Å². The molecular formula is C15H23N. The summed E-state index contributed by atoms with van der Waals surface area (Å²) in [6.07, 6.45) is 6.78. The molecule has 0 aromatic rings. The molecule has 0 spiro atoms. The quantitative estimate of drug-likeness (QED) is 0.595. The van der Waals surface area contributed by atoms with Crippen LogP contribution in [0.2, 0.25) is 0 Å². The van der Waals surface area contributed by atoms with Crippen molar-refractivity contribution in [3.63, 3.8) is 0 Å². The summed E-state index contributed by atoms with van der Waals surface area (Å²) in [5, 5.41) is 0. The van der Waals surface area contributed by atoms with Gasteiger partial charge in [-0.3, -0.25) is 0 Å². The third-order valence-corrected chi connectivity index (χ3v) is 2.68. The molecule has 0 aromatic heterocycles. The smallest absolute Gasteiger partial charge is 0.0437 e. The number of allylic oxidation sites excluding steroid dienone is 6. The van der Waals surface area contributed by atoms with E-state index in [0.29, 0.717) is 0 Å². The molecule has 0 saturated carbocycles. The predicted molar refractivity (Wildman–Crippen MR) is 74.0 cm³/mol. The van der Waals surface area contributed by atoms with E-state index in [0.717, 1.165) is 23.3 Å². The molecule has 0 aromatic carbocycles. The van der Waals surface area contributed by atoms with Crippen LogP contribution in [0.5, 0.6) is 0 Å². The standard InChI is InChI=1S/C15H23N/c1-8-12(4)11-15(13(5)9-2)16(7)14(6)10-3/h8,10-11H,1,4-5,9H2,2-3,6-7H3/b14-10-,15-11-. The van der Waals surface area contributed by atoms with E-state index in [2.05, 4.69) is 44.6 Å². The number of rotatable bonds is 6. The van der Waals surface area contributed by atoms with Crippen molar-refractivity contribution in [3.8, 4) is 0 Å². The summed E-state index contributed by atoms with van der Waals surface area (Å²) >= 11 is 0. The number of hydrogen-bond donors (Lipinski definition) is 0. The minimum Gasteiger partial charge on any atom is -0.349 e. The van der Waals surface area contributed by atoms with Gasteiger partial charge < -0.3 is 4.90 Å². The van der Waals surface area contributed by atoms with Crippen LogP contribution >= 0.6 is 0 Å². The number of likely N-dealkylation sites (N-methyl/N-ethyl adjacent to an activating group) is 1. The average molecular weight is 217 g/mol. The van der Waals surface area contributed by atoms with Gasteiger partial charge in [-0.1, -0.05) is 38.8 Å². The van der Waals surface area contributed by atoms with Gasteiger partial charge in [0.05, 0.1) is 0 Å². The molecule has 0 atom stereocenters. The van der Waals surface area contributed by atoms with Crippen molar-refractivity contribution in [2.75, 3.05) is 7.05 Å². The second kappa shape index (κ2) is 6.89. The van der Waals surface area contributed by atoms with E-state index in [1.54, 1.807) is 6.08 Å². The Morgan fingerprint density at radius 1 is 1.31 bits per heavy atom. The largest absolute Gasteiger partial charge is 0.349 e. The van der Waals surface area contributed by atoms with E-state index in [4.69, 9.17) is 0 Å². The lowest BCUT2D eigenvalue weighted by atomic mass is 10.1. The SMILES string of the molecule is C=CC(=C)/C=C(/C(=C)CC)N(C)/C(C)=C\C. The van der Waals surface area contributed by atoms with E-state index in [-0.39, 0.29) is 0 Å². The second-order valence-electron chi connectivity index (χ2n) is 3.75. The molecule has 0 aliphatic carbocycles. The second-order valence-corrected chi connectivity index (χ2v) is 3.75. The fourth-order valence-corrected chi connectivity index (χ4v) is 1.24. The van der Waals surface area contributed by atoms with Crippen LogP contribution in [0, 0.1) is 0 Å². The summed E-state index contributed by atoms with van der Waals surface area (Å²) in [5.41, 5.74) is 4.30. The van der Waals surface area contributed by atoms with Gasteiger partial charge >= 0.3 is 0 Å². The Kier molecular flexibility index (Phi) is 6.24. The molecule has 0 radical (unpaired) electrons. The summed E-state index contributed by atoms with van der Waals surface area (Å²) in [5.74, 6) is 0. The fourth-order valence-electron chi connectivity index (χ4n) is 1.24. The van der Waals surface area contributed by atoms with Crippen LogP contribution in [-0.2, 0) is 0 Å². The van der Waals surface area contributed by atoms with Crippen molar-refractivity contribution in [1.29, 1.82) is 0 Å². The summed E-state index contributed by atoms with van der Waals surface area (Å²) in [4.78, 5) is 2.13. The predicted octanol–water partition coefficient (Wildman–Crippen LogP) is 4.43. The molecule has 88 valence electrons. The van der Waals surface area contributed by atoms with Crippen molar-refractivity contribution >= 4 is 0 Å². The lowest BCUT2D eigenvalue weighted by molar-refractivity contribution is 0.524. The molecule has 0 saturated heterocycles. The zero-order valence-corrected chi connectivity index (χ0v) is 11.0. The molecule has 0 aliphatic rings. The summed E-state index contributed by atoms with van der Waals surface area (Å²) < 4.78 is 0. The van der Waals surface area contributed by atoms with Crippen LogP contribution in [0.4, 0.5) is 0 Å². The minimum absolute atomic E-state index is 0.903. The van der Waals surface area contributed by atoms with Gasteiger partial charge in [-0.15, -0.1) is 0 Å². The first-order valence-corrected chi connectivity index (χ1v) is 5.55. The Balaban J connectivity index is 5.25. The molecule has 0 heterocycles. The highest BCUT2D eigenvalue weighted by atomic mass is 15.1. The molecule has 16 heavy (non-hydrogen) atoms. The molecule has 0 N–H and O–H groups in total. The molecule has 1 heteroatoms. The van der Waals surface area contributed by atoms with Crippen molar-refractivity contribution in [1.82, 2.24) is 4.90 Å². The third kappa shape index (κ3) is 3.93. The van der Waals surface area contributed by atoms with Crippen molar-refractivity contribution in [2.24, 2.45) is 0 Å². The van der Waals surface area contributed by atoms with Gasteiger partial charge in [0.1, 0.15) is 0 Å². The molecule has 0 bridgehead atoms. The highest BCUT2D eigenvalue weighted by Gasteiger charge is 2.08. The first-order valence-electron chi connectivity index (χ1n) is 5.55. The fraction of sp³-hybridized carbons (Fsp3) is 0.333. The first kappa shape index (κ1) is 14.5. The summed E-state index contributed by atoms with van der Waals surface area (Å²) in [6.45, 7) is 17.9. The zero-order chi connectivity index (χ0) is 12.7. The Morgan fingerprint density at radius 3 is 2.25 bits per heavy atom. The maximum absolute atomic E-state index is 4.09. The maximum Gasteiger partial charge on any atom is 0.0437 e. The van der Waals surface area contributed by atoms with Crippen LogP contribution in [0.15, 0.2) is 60.5 Å². The third-order valence-electron chi connectivity index (χ3n) is 2.68. The number of nitrogens with zero attached hydrogens (tertiary/aromatic N) is 1. The lowest BCUT2D eigenvalue weighted by Gasteiger charge is -2.25. The van der Waals surface area contributed by atoms with Crippen molar-refractivity contribution in [3.05, 3.63) is 60.5 Å². The molecule has 0 aliphatic heterocycles. The van der Waals surface area contributed by atoms with E-state index in [1.165, 1.54) is 5.70 Å². The van der Waals surface area contributed by atoms with Gasteiger partial charge in [-0.25, -0.2) is 0 Å². The van der Waals surface area contributed by atoms with Crippen LogP contribution in [0.25, 0.3) is 0 Å². The Bertz CT molecular complexity index is 342. The zero-order valence-electron chi connectivity index (χ0n) is 11.0. The highest BCUT2D eigenvalue weighted by Crippen LogP contribution is 2.21. The van der Waals surface area contributed by atoms with Crippen LogP contribution < -0.4 is 0 Å². The van der Waals surface area contributed by atoms with Gasteiger partial charge in [-0.05, 0) is 37.5 Å². The summed E-state index contributed by atoms with van der Waals surface area (Å²) in [7, 11) is 2.04. The number of hydrogen-bond acceptors (Lipinski definition) is 1. The van der Waals surface area contributed by atoms with E-state index in [9.17, 15) is 0 Å². The molecule has 1 nitrogen and oxygen atoms in total. The maximum atomic E-state index is 4.09. The van der Waals surface area contributed by atoms with Gasteiger partial charge in [-0.2, -0.15) is 0 Å². The molecule has 0 amide bonds. The molecular weight excluding hydrogens is 194 g/mol. The van der Waals surface area contributed by atoms with Crippen molar-refractivity contribution in [2.45, 2.75) is 27.2 Å². The monoisotopic (exact) mass is 217 g/mol. The van der Waals surface area contributed by atoms with Gasteiger partial charge in [0, 0.05) is 18.4 Å². The molecule has 0 fully saturated rings. The summed E-state index contributed by atoms with van der Waals surface area (Å²) in [6, 6.07) is 0. The van der Waals surface area contributed by atoms with E-state index in [1.807, 2.05) is 20.0 Å². The van der Waals surface area contributed by atoms with Crippen LogP contribution in [-0.4, -0.2) is 11.9 Å². The van der Waals surface area contributed by atoms with Gasteiger partial charge in [0.15, 0.2) is 0 Å². The highest BCUT2D eigenvalue weighted by molar-refractivity contribution is 5.39. The van der Waals surface area contributed by atoms with Crippen molar-refractivity contribution < 1.29 is 0 Å². The van der Waals surface area contributed by atoms with Gasteiger partial charge in [0.2, 0.25) is 0 Å². The molecule has 0 unspecified atom stereocenters. The normalized spacial score (nSPS) is 12.2. The van der Waals surface area contributed by atoms with E-state index < -0.39 is 0 Å². The topological polar surface area (TPSA) is 3.24 Å². The Labute approximate surface area is 100 Å². The van der Waals surface area contributed by atoms with Gasteiger partial charge in [0.25, 0.3) is 0 Å².